The molecular weight excluding hydrogens is 576 g/mol. The minimum absolute atomic E-state index is 0.125. The van der Waals surface area contributed by atoms with E-state index in [1.54, 1.807) is 0 Å². The van der Waals surface area contributed by atoms with Crippen molar-refractivity contribution in [2.24, 2.45) is 17.4 Å². The summed E-state index contributed by atoms with van der Waals surface area (Å²) in [5, 5.41) is 15.7. The molecule has 248 valence electrons. The molecule has 4 rings (SSSR count). The molecule has 2 saturated heterocycles. The van der Waals surface area contributed by atoms with Gasteiger partial charge in [-0.05, 0) is 64.1 Å². The smallest absolute Gasteiger partial charge is 0.306 e. The van der Waals surface area contributed by atoms with Crippen LogP contribution in [0.5, 0.6) is 5.75 Å². The molecule has 2 aromatic rings. The Kier molecular flexibility index (Phi) is 13.2. The predicted molar refractivity (Wildman–Crippen MR) is 176 cm³/mol. The van der Waals surface area contributed by atoms with Crippen molar-refractivity contribution in [3.05, 3.63) is 24.3 Å². The van der Waals surface area contributed by atoms with E-state index >= 15 is 0 Å². The van der Waals surface area contributed by atoms with Gasteiger partial charge in [-0.25, -0.2) is 0 Å². The van der Waals surface area contributed by atoms with Crippen molar-refractivity contribution in [1.29, 1.82) is 0 Å². The number of aromatic nitrogens is 3. The van der Waals surface area contributed by atoms with Gasteiger partial charge in [-0.2, -0.15) is 15.0 Å². The predicted octanol–water partition coefficient (Wildman–Crippen LogP) is 1.66. The van der Waals surface area contributed by atoms with Gasteiger partial charge >= 0.3 is 5.97 Å². The zero-order valence-corrected chi connectivity index (χ0v) is 26.5. The van der Waals surface area contributed by atoms with Crippen LogP contribution in [0, 0.1) is 5.92 Å². The van der Waals surface area contributed by atoms with E-state index in [9.17, 15) is 14.7 Å². The van der Waals surface area contributed by atoms with Gasteiger partial charge in [0.25, 0.3) is 0 Å². The van der Waals surface area contributed by atoms with E-state index in [1.165, 1.54) is 0 Å². The Morgan fingerprint density at radius 3 is 2.24 bits per heavy atom. The SMILES string of the molecule is CCOc1ccccc1N1CCN(c2nc(NCCCCNC(=O)[C@@H](N)CCCCN)nc(N3CCC(C(=O)O)CC3)n2)CC1. The lowest BCUT2D eigenvalue weighted by atomic mass is 9.97. The van der Waals surface area contributed by atoms with Crippen LogP contribution in [-0.2, 0) is 9.59 Å². The lowest BCUT2D eigenvalue weighted by Gasteiger charge is -2.37. The highest BCUT2D eigenvalue weighted by Gasteiger charge is 2.28. The summed E-state index contributed by atoms with van der Waals surface area (Å²) in [7, 11) is 0. The second-order valence-corrected chi connectivity index (χ2v) is 11.5. The number of rotatable bonds is 17. The first-order valence-electron chi connectivity index (χ1n) is 16.3. The van der Waals surface area contributed by atoms with Gasteiger partial charge in [0.15, 0.2) is 0 Å². The number of ether oxygens (including phenoxy) is 1. The maximum absolute atomic E-state index is 12.2. The molecule has 7 N–H and O–H groups in total. The minimum atomic E-state index is -0.748. The van der Waals surface area contributed by atoms with E-state index in [-0.39, 0.29) is 11.8 Å². The number of carboxylic acid groups (broad SMARTS) is 1. The van der Waals surface area contributed by atoms with E-state index in [0.29, 0.717) is 76.4 Å². The molecule has 2 aliphatic rings. The minimum Gasteiger partial charge on any atom is -0.492 e. The lowest BCUT2D eigenvalue weighted by Crippen LogP contribution is -2.47. The number of nitrogens with zero attached hydrogens (tertiary/aromatic N) is 6. The van der Waals surface area contributed by atoms with Crippen molar-refractivity contribution < 1.29 is 19.4 Å². The number of carbonyl (C=O) groups excluding carboxylic acids is 1. The number of hydrogen-bond donors (Lipinski definition) is 5. The van der Waals surface area contributed by atoms with E-state index in [1.807, 2.05) is 25.1 Å². The molecule has 2 aliphatic heterocycles. The first-order valence-corrected chi connectivity index (χ1v) is 16.3. The molecule has 14 heteroatoms. The van der Waals surface area contributed by atoms with Crippen molar-refractivity contribution >= 4 is 35.4 Å². The standard InChI is InChI=1S/C31H50N10O4/c1-2-45-26-11-4-3-10-25(26)39-19-21-41(22-20-39)31-37-29(36-30(38-31)40-17-12-23(13-18-40)28(43)44)35-16-8-7-15-34-27(42)24(33)9-5-6-14-32/h3-4,10-11,23-24H,2,5-9,12-22,32-33H2,1H3,(H,34,42)(H,43,44)(H,35,36,37,38)/t24-/m0/s1. The fourth-order valence-electron chi connectivity index (χ4n) is 5.62. The normalized spacial score (nSPS) is 16.4. The van der Waals surface area contributed by atoms with Crippen molar-refractivity contribution in [2.75, 3.05) is 85.5 Å². The van der Waals surface area contributed by atoms with Gasteiger partial charge in [-0.3, -0.25) is 9.59 Å². The molecule has 0 radical (unpaired) electrons. The topological polar surface area (TPSA) is 188 Å². The van der Waals surface area contributed by atoms with Crippen LogP contribution in [0.15, 0.2) is 24.3 Å². The number of aliphatic carboxylic acids is 1. The monoisotopic (exact) mass is 626 g/mol. The van der Waals surface area contributed by atoms with E-state index in [0.717, 1.165) is 63.3 Å². The summed E-state index contributed by atoms with van der Waals surface area (Å²) < 4.78 is 5.86. The third kappa shape index (κ3) is 10.0. The maximum atomic E-state index is 12.2. The van der Waals surface area contributed by atoms with Crippen molar-refractivity contribution in [1.82, 2.24) is 20.3 Å². The Bertz CT molecular complexity index is 1220. The van der Waals surface area contributed by atoms with Gasteiger partial charge in [0, 0.05) is 52.4 Å². The summed E-state index contributed by atoms with van der Waals surface area (Å²) in [5.41, 5.74) is 12.6. The number of piperidine rings is 1. The number of para-hydroxylation sites is 2. The number of carbonyl (C=O) groups is 2. The summed E-state index contributed by atoms with van der Waals surface area (Å²) in [6, 6.07) is 7.61. The van der Waals surface area contributed by atoms with Crippen LogP contribution < -0.4 is 41.5 Å². The summed E-state index contributed by atoms with van der Waals surface area (Å²) in [4.78, 5) is 44.6. The van der Waals surface area contributed by atoms with Gasteiger partial charge in [-0.15, -0.1) is 0 Å². The Hall–Kier alpha value is -3.91. The number of hydrogen-bond acceptors (Lipinski definition) is 12. The molecule has 0 aliphatic carbocycles. The summed E-state index contributed by atoms with van der Waals surface area (Å²) in [6.45, 7) is 8.60. The third-order valence-corrected chi connectivity index (χ3v) is 8.30. The number of nitrogens with one attached hydrogen (secondary N) is 2. The molecule has 0 unspecified atom stereocenters. The highest BCUT2D eigenvalue weighted by atomic mass is 16.5. The van der Waals surface area contributed by atoms with E-state index in [4.69, 9.17) is 31.2 Å². The molecule has 0 saturated carbocycles. The van der Waals surface area contributed by atoms with Crippen LogP contribution in [0.4, 0.5) is 23.5 Å². The van der Waals surface area contributed by atoms with Crippen LogP contribution >= 0.6 is 0 Å². The molecule has 1 atom stereocenters. The second-order valence-electron chi connectivity index (χ2n) is 11.5. The Morgan fingerprint density at radius 1 is 0.933 bits per heavy atom. The largest absolute Gasteiger partial charge is 0.492 e. The number of unbranched alkanes of at least 4 members (excludes halogenated alkanes) is 2. The zero-order chi connectivity index (χ0) is 32.0. The highest BCUT2D eigenvalue weighted by molar-refractivity contribution is 5.81. The molecule has 45 heavy (non-hydrogen) atoms. The number of amides is 1. The number of nitrogens with two attached hydrogens (primary N) is 2. The van der Waals surface area contributed by atoms with Crippen LogP contribution in [0.1, 0.15) is 51.9 Å². The molecule has 0 bridgehead atoms. The van der Waals surface area contributed by atoms with Gasteiger partial charge < -0.3 is 46.6 Å². The molecule has 3 heterocycles. The van der Waals surface area contributed by atoms with Crippen LogP contribution in [0.2, 0.25) is 0 Å². The molecular formula is C31H50N10O4. The first kappa shape index (κ1) is 34.0. The molecule has 0 spiro atoms. The average Bonchev–Trinajstić information content (AvgIpc) is 3.06. The van der Waals surface area contributed by atoms with Crippen molar-refractivity contribution in [2.45, 2.75) is 57.9 Å². The summed E-state index contributed by atoms with van der Waals surface area (Å²) >= 11 is 0. The fraction of sp³-hybridized carbons (Fsp3) is 0.645. The molecule has 2 fully saturated rings. The van der Waals surface area contributed by atoms with Crippen LogP contribution in [0.25, 0.3) is 0 Å². The third-order valence-electron chi connectivity index (χ3n) is 8.30. The van der Waals surface area contributed by atoms with Gasteiger partial charge in [0.2, 0.25) is 23.8 Å². The van der Waals surface area contributed by atoms with Crippen LogP contribution in [-0.4, -0.2) is 103 Å². The van der Waals surface area contributed by atoms with Crippen molar-refractivity contribution in [3.63, 3.8) is 0 Å². The summed E-state index contributed by atoms with van der Waals surface area (Å²) in [6.07, 6.45) is 5.05. The van der Waals surface area contributed by atoms with E-state index in [2.05, 4.69) is 31.4 Å². The Balaban J connectivity index is 1.35. The Labute approximate surface area is 265 Å². The highest BCUT2D eigenvalue weighted by Crippen LogP contribution is 2.30. The number of carboxylic acids is 1. The van der Waals surface area contributed by atoms with E-state index < -0.39 is 12.0 Å². The zero-order valence-electron chi connectivity index (χ0n) is 26.5. The quantitative estimate of drug-likeness (QED) is 0.160. The number of piperazine rings is 1. The average molecular weight is 627 g/mol. The van der Waals surface area contributed by atoms with Gasteiger partial charge in [-0.1, -0.05) is 18.6 Å². The summed E-state index contributed by atoms with van der Waals surface area (Å²) in [5.74, 6) is 1.33. The number of benzene rings is 1. The van der Waals surface area contributed by atoms with Gasteiger partial charge in [0.1, 0.15) is 5.75 Å². The Morgan fingerprint density at radius 2 is 1.58 bits per heavy atom. The van der Waals surface area contributed by atoms with Crippen molar-refractivity contribution in [3.8, 4) is 5.75 Å². The van der Waals surface area contributed by atoms with Gasteiger partial charge in [0.05, 0.1) is 24.3 Å². The molecule has 1 aromatic carbocycles. The van der Waals surface area contributed by atoms with Crippen LogP contribution in [0.3, 0.4) is 0 Å². The maximum Gasteiger partial charge on any atom is 0.306 e. The molecule has 1 amide bonds. The molecule has 14 nitrogen and oxygen atoms in total. The first-order chi connectivity index (χ1) is 21.9. The molecule has 1 aromatic heterocycles. The fourth-order valence-corrected chi connectivity index (χ4v) is 5.62. The number of anilines is 4. The lowest BCUT2D eigenvalue weighted by molar-refractivity contribution is -0.142. The second kappa shape index (κ2) is 17.5.